The normalized spacial score (nSPS) is 10.5. The van der Waals surface area contributed by atoms with Gasteiger partial charge in [-0.05, 0) is 31.2 Å². The molecule has 0 aliphatic rings. The summed E-state index contributed by atoms with van der Waals surface area (Å²) in [7, 11) is 1.61. The van der Waals surface area contributed by atoms with Crippen molar-refractivity contribution < 1.29 is 14.3 Å². The van der Waals surface area contributed by atoms with Crippen LogP contribution in [0.3, 0.4) is 0 Å². The summed E-state index contributed by atoms with van der Waals surface area (Å²) in [4.78, 5) is 12.3. The molecule has 1 aromatic heterocycles. The van der Waals surface area contributed by atoms with Crippen molar-refractivity contribution in [3.05, 3.63) is 71.9 Å². The molecule has 0 bridgehead atoms. The van der Waals surface area contributed by atoms with Gasteiger partial charge in [0.05, 0.1) is 18.0 Å². The summed E-state index contributed by atoms with van der Waals surface area (Å²) >= 11 is 0. The van der Waals surface area contributed by atoms with Gasteiger partial charge in [0.15, 0.2) is 0 Å². The summed E-state index contributed by atoms with van der Waals surface area (Å²) in [6.07, 6.45) is -0.574. The molecule has 1 heterocycles. The minimum atomic E-state index is -0.574. The lowest BCUT2D eigenvalue weighted by atomic mass is 10.2. The molecule has 3 aromatic rings. The first-order valence-corrected chi connectivity index (χ1v) is 7.86. The number of anilines is 1. The highest BCUT2D eigenvalue weighted by Crippen LogP contribution is 2.24. The van der Waals surface area contributed by atoms with Gasteiger partial charge in [0.2, 0.25) is 0 Å². The topological polar surface area (TPSA) is 65.4 Å². The molecular weight excluding hydrogens is 318 g/mol. The maximum absolute atomic E-state index is 12.3. The molecule has 0 saturated carbocycles. The van der Waals surface area contributed by atoms with E-state index in [1.807, 2.05) is 43.3 Å². The van der Waals surface area contributed by atoms with Gasteiger partial charge in [0.25, 0.3) is 0 Å². The second-order valence-corrected chi connectivity index (χ2v) is 5.43. The predicted octanol–water partition coefficient (Wildman–Crippen LogP) is 3.94. The van der Waals surface area contributed by atoms with Crippen molar-refractivity contribution in [3.8, 4) is 11.4 Å². The van der Waals surface area contributed by atoms with Crippen molar-refractivity contribution in [2.75, 3.05) is 12.4 Å². The molecule has 0 unspecified atom stereocenters. The lowest BCUT2D eigenvalue weighted by molar-refractivity contribution is 0.180. The highest BCUT2D eigenvalue weighted by Gasteiger charge is 2.18. The molecule has 3 rings (SSSR count). The van der Waals surface area contributed by atoms with E-state index >= 15 is 0 Å². The average molecular weight is 337 g/mol. The maximum Gasteiger partial charge on any atom is 0.418 e. The molecule has 6 heteroatoms. The fourth-order valence-electron chi connectivity index (χ4n) is 2.44. The van der Waals surface area contributed by atoms with Crippen molar-refractivity contribution in [1.82, 2.24) is 9.78 Å². The molecule has 0 aliphatic heterocycles. The Morgan fingerprint density at radius 3 is 2.36 bits per heavy atom. The summed E-state index contributed by atoms with van der Waals surface area (Å²) < 4.78 is 12.2. The third kappa shape index (κ3) is 3.87. The van der Waals surface area contributed by atoms with Crippen LogP contribution in [-0.4, -0.2) is 23.0 Å². The molecule has 1 N–H and O–H groups in total. The van der Waals surface area contributed by atoms with Crippen LogP contribution in [0.2, 0.25) is 0 Å². The first-order valence-electron chi connectivity index (χ1n) is 7.86. The summed E-state index contributed by atoms with van der Waals surface area (Å²) in [6, 6.07) is 18.5. The van der Waals surface area contributed by atoms with Gasteiger partial charge in [-0.25, -0.2) is 9.48 Å². The van der Waals surface area contributed by atoms with Gasteiger partial charge in [0, 0.05) is 12.7 Å². The van der Waals surface area contributed by atoms with Crippen molar-refractivity contribution in [2.24, 2.45) is 0 Å². The quantitative estimate of drug-likeness (QED) is 0.766. The SMILES string of the molecule is COCc1nn(-c2ccccc2)c(NC(=O)Oc2ccccc2)c1C. The van der Waals surface area contributed by atoms with E-state index in [9.17, 15) is 4.79 Å². The highest BCUT2D eigenvalue weighted by atomic mass is 16.6. The van der Waals surface area contributed by atoms with Gasteiger partial charge < -0.3 is 9.47 Å². The Labute approximate surface area is 146 Å². The van der Waals surface area contributed by atoms with E-state index in [1.165, 1.54) is 0 Å². The number of para-hydroxylation sites is 2. The van der Waals surface area contributed by atoms with E-state index in [1.54, 1.807) is 36.1 Å². The number of hydrogen-bond donors (Lipinski definition) is 1. The standard InChI is InChI=1S/C19H19N3O3/c1-14-17(13-24-2)21-22(15-9-5-3-6-10-15)18(14)20-19(23)25-16-11-7-4-8-12-16/h3-12H,13H2,1-2H3,(H,20,23). The molecule has 128 valence electrons. The van der Waals surface area contributed by atoms with Crippen molar-refractivity contribution in [2.45, 2.75) is 13.5 Å². The molecule has 1 amide bonds. The number of amides is 1. The first kappa shape index (κ1) is 16.7. The highest BCUT2D eigenvalue weighted by molar-refractivity contribution is 5.86. The van der Waals surface area contributed by atoms with Crippen LogP contribution in [-0.2, 0) is 11.3 Å². The van der Waals surface area contributed by atoms with Gasteiger partial charge in [-0.1, -0.05) is 36.4 Å². The van der Waals surface area contributed by atoms with E-state index in [4.69, 9.17) is 9.47 Å². The molecule has 25 heavy (non-hydrogen) atoms. The third-order valence-corrected chi connectivity index (χ3v) is 3.68. The van der Waals surface area contributed by atoms with Crippen LogP contribution < -0.4 is 10.1 Å². The van der Waals surface area contributed by atoms with Gasteiger partial charge in [-0.15, -0.1) is 0 Å². The van der Waals surface area contributed by atoms with Crippen LogP contribution in [0, 0.1) is 6.92 Å². The Hall–Kier alpha value is -3.12. The van der Waals surface area contributed by atoms with E-state index < -0.39 is 6.09 Å². The van der Waals surface area contributed by atoms with Gasteiger partial charge in [0.1, 0.15) is 11.6 Å². The Morgan fingerprint density at radius 1 is 1.08 bits per heavy atom. The number of benzene rings is 2. The number of ether oxygens (including phenoxy) is 2. The molecule has 0 aliphatic carbocycles. The summed E-state index contributed by atoms with van der Waals surface area (Å²) in [5.41, 5.74) is 2.42. The third-order valence-electron chi connectivity index (χ3n) is 3.68. The number of carbonyl (C=O) groups is 1. The summed E-state index contributed by atoms with van der Waals surface area (Å²) in [5, 5.41) is 7.34. The Bertz CT molecular complexity index is 845. The molecular formula is C19H19N3O3. The zero-order valence-corrected chi connectivity index (χ0v) is 14.1. The van der Waals surface area contributed by atoms with E-state index in [2.05, 4.69) is 10.4 Å². The molecule has 6 nitrogen and oxygen atoms in total. The Balaban J connectivity index is 1.90. The summed E-state index contributed by atoms with van der Waals surface area (Å²) in [6.45, 7) is 2.24. The summed E-state index contributed by atoms with van der Waals surface area (Å²) in [5.74, 6) is 1.03. The minimum Gasteiger partial charge on any atom is -0.410 e. The van der Waals surface area contributed by atoms with E-state index in [0.29, 0.717) is 18.2 Å². The fourth-order valence-corrected chi connectivity index (χ4v) is 2.44. The number of nitrogens with zero attached hydrogens (tertiary/aromatic N) is 2. The molecule has 0 fully saturated rings. The fraction of sp³-hybridized carbons (Fsp3) is 0.158. The van der Waals surface area contributed by atoms with Crippen molar-refractivity contribution in [3.63, 3.8) is 0 Å². The number of methoxy groups -OCH3 is 1. The van der Waals surface area contributed by atoms with Gasteiger partial charge in [-0.3, -0.25) is 5.32 Å². The zero-order chi connectivity index (χ0) is 17.6. The first-order chi connectivity index (χ1) is 12.2. The van der Waals surface area contributed by atoms with Gasteiger partial charge >= 0.3 is 6.09 Å². The second kappa shape index (κ2) is 7.63. The van der Waals surface area contributed by atoms with Gasteiger partial charge in [-0.2, -0.15) is 5.10 Å². The van der Waals surface area contributed by atoms with Crippen LogP contribution in [0.15, 0.2) is 60.7 Å². The Morgan fingerprint density at radius 2 is 1.72 bits per heavy atom. The minimum absolute atomic E-state index is 0.355. The lowest BCUT2D eigenvalue weighted by Gasteiger charge is -2.10. The van der Waals surface area contributed by atoms with Crippen LogP contribution >= 0.6 is 0 Å². The molecule has 0 saturated heterocycles. The lowest BCUT2D eigenvalue weighted by Crippen LogP contribution is -2.19. The van der Waals surface area contributed by atoms with Crippen LogP contribution in [0.5, 0.6) is 5.75 Å². The molecule has 0 atom stereocenters. The molecule has 0 spiro atoms. The molecule has 2 aromatic carbocycles. The number of rotatable bonds is 5. The van der Waals surface area contributed by atoms with Crippen LogP contribution in [0.25, 0.3) is 5.69 Å². The maximum atomic E-state index is 12.3. The van der Waals surface area contributed by atoms with Crippen molar-refractivity contribution in [1.29, 1.82) is 0 Å². The largest absolute Gasteiger partial charge is 0.418 e. The Kier molecular flexibility index (Phi) is 5.11. The zero-order valence-electron chi connectivity index (χ0n) is 14.1. The number of carbonyl (C=O) groups excluding carboxylic acids is 1. The van der Waals surface area contributed by atoms with Crippen LogP contribution in [0.4, 0.5) is 10.6 Å². The number of nitrogens with one attached hydrogen (secondary N) is 1. The average Bonchev–Trinajstić information content (AvgIpc) is 2.93. The molecule has 0 radical (unpaired) electrons. The monoisotopic (exact) mass is 337 g/mol. The van der Waals surface area contributed by atoms with Crippen LogP contribution in [0.1, 0.15) is 11.3 Å². The predicted molar refractivity (Wildman–Crippen MR) is 95.1 cm³/mol. The smallest absolute Gasteiger partial charge is 0.410 e. The number of hydrogen-bond acceptors (Lipinski definition) is 4. The van der Waals surface area contributed by atoms with E-state index in [0.717, 1.165) is 16.9 Å². The van der Waals surface area contributed by atoms with Crippen molar-refractivity contribution >= 4 is 11.9 Å². The van der Waals surface area contributed by atoms with E-state index in [-0.39, 0.29) is 0 Å². The second-order valence-electron chi connectivity index (χ2n) is 5.43. The number of aromatic nitrogens is 2.